The van der Waals surface area contributed by atoms with Gasteiger partial charge < -0.3 is 14.8 Å². The third-order valence-corrected chi connectivity index (χ3v) is 4.01. The number of hydrogen-bond donors (Lipinski definition) is 1. The van der Waals surface area contributed by atoms with Crippen molar-refractivity contribution in [3.63, 3.8) is 0 Å². The minimum Gasteiger partial charge on any atom is -0.494 e. The van der Waals surface area contributed by atoms with Gasteiger partial charge in [0.2, 0.25) is 5.91 Å². The molecule has 1 amide bonds. The van der Waals surface area contributed by atoms with Crippen LogP contribution in [0.1, 0.15) is 12.8 Å². The summed E-state index contributed by atoms with van der Waals surface area (Å²) < 4.78 is 11.5. The molecule has 3 rings (SSSR count). The fourth-order valence-electron chi connectivity index (χ4n) is 2.44. The van der Waals surface area contributed by atoms with Crippen LogP contribution in [0, 0.1) is 0 Å². The number of halogens is 1. The highest BCUT2D eigenvalue weighted by Crippen LogP contribution is 2.29. The molecule has 27 heavy (non-hydrogen) atoms. The number of rotatable bonds is 8. The van der Waals surface area contributed by atoms with Gasteiger partial charge in [-0.05, 0) is 55.0 Å². The van der Waals surface area contributed by atoms with Crippen molar-refractivity contribution in [3.05, 3.63) is 83.9 Å². The lowest BCUT2D eigenvalue weighted by atomic mass is 10.2. The largest absolute Gasteiger partial charge is 0.494 e. The number of carbonyl (C=O) groups excluding carboxylic acids is 1. The lowest BCUT2D eigenvalue weighted by Crippen LogP contribution is -2.13. The summed E-state index contributed by atoms with van der Waals surface area (Å²) in [4.78, 5) is 12.2. The first kappa shape index (κ1) is 18.8. The Morgan fingerprint density at radius 2 is 1.56 bits per heavy atom. The SMILES string of the molecule is O=C(CCCOc1ccc(Cl)cc1)Nc1ccccc1Oc1ccccc1. The van der Waals surface area contributed by atoms with Crippen molar-refractivity contribution >= 4 is 23.2 Å². The van der Waals surface area contributed by atoms with Gasteiger partial charge in [-0.3, -0.25) is 4.79 Å². The van der Waals surface area contributed by atoms with Gasteiger partial charge in [0.1, 0.15) is 11.5 Å². The van der Waals surface area contributed by atoms with Gasteiger partial charge >= 0.3 is 0 Å². The standard InChI is InChI=1S/C22H20ClNO3/c23-17-12-14-18(15-13-17)26-16-6-11-22(25)24-20-9-4-5-10-21(20)27-19-7-2-1-3-8-19/h1-5,7-10,12-15H,6,11,16H2,(H,24,25). The molecule has 0 fully saturated rings. The summed E-state index contributed by atoms with van der Waals surface area (Å²) in [7, 11) is 0. The van der Waals surface area contributed by atoms with E-state index in [1.54, 1.807) is 24.3 Å². The van der Waals surface area contributed by atoms with Crippen LogP contribution in [0.15, 0.2) is 78.9 Å². The van der Waals surface area contributed by atoms with Crippen molar-refractivity contribution < 1.29 is 14.3 Å². The molecule has 0 aliphatic carbocycles. The number of ether oxygens (including phenoxy) is 2. The summed E-state index contributed by atoms with van der Waals surface area (Å²) in [5.74, 6) is 1.98. The smallest absolute Gasteiger partial charge is 0.224 e. The molecule has 4 nitrogen and oxygen atoms in total. The van der Waals surface area contributed by atoms with Crippen LogP contribution < -0.4 is 14.8 Å². The third kappa shape index (κ3) is 6.04. The molecule has 0 atom stereocenters. The quantitative estimate of drug-likeness (QED) is 0.492. The van der Waals surface area contributed by atoms with Crippen LogP contribution in [0.4, 0.5) is 5.69 Å². The van der Waals surface area contributed by atoms with E-state index in [-0.39, 0.29) is 5.91 Å². The minimum absolute atomic E-state index is 0.0844. The number of hydrogen-bond acceptors (Lipinski definition) is 3. The maximum absolute atomic E-state index is 12.2. The van der Waals surface area contributed by atoms with Crippen LogP contribution >= 0.6 is 11.6 Å². The zero-order valence-corrected chi connectivity index (χ0v) is 15.5. The lowest BCUT2D eigenvalue weighted by Gasteiger charge is -2.12. The predicted octanol–water partition coefficient (Wildman–Crippen LogP) is 5.93. The maximum Gasteiger partial charge on any atom is 0.224 e. The second kappa shape index (κ2) is 9.64. The van der Waals surface area contributed by atoms with E-state index in [0.29, 0.717) is 35.9 Å². The van der Waals surface area contributed by atoms with Crippen LogP contribution in [0.5, 0.6) is 17.2 Å². The highest BCUT2D eigenvalue weighted by molar-refractivity contribution is 6.30. The molecule has 3 aromatic carbocycles. The van der Waals surface area contributed by atoms with E-state index in [4.69, 9.17) is 21.1 Å². The van der Waals surface area contributed by atoms with Crippen LogP contribution in [0.2, 0.25) is 5.02 Å². The molecule has 0 heterocycles. The predicted molar refractivity (Wildman–Crippen MR) is 108 cm³/mol. The molecule has 0 aromatic heterocycles. The molecule has 3 aromatic rings. The van der Waals surface area contributed by atoms with E-state index in [1.807, 2.05) is 54.6 Å². The van der Waals surface area contributed by atoms with E-state index in [1.165, 1.54) is 0 Å². The van der Waals surface area contributed by atoms with E-state index >= 15 is 0 Å². The zero-order valence-electron chi connectivity index (χ0n) is 14.7. The first-order chi connectivity index (χ1) is 13.2. The van der Waals surface area contributed by atoms with Crippen molar-refractivity contribution in [1.29, 1.82) is 0 Å². The number of amides is 1. The van der Waals surface area contributed by atoms with Gasteiger partial charge in [-0.15, -0.1) is 0 Å². The molecule has 0 radical (unpaired) electrons. The molecule has 0 unspecified atom stereocenters. The average molecular weight is 382 g/mol. The second-order valence-electron chi connectivity index (χ2n) is 5.87. The normalized spacial score (nSPS) is 10.3. The van der Waals surface area contributed by atoms with Crippen LogP contribution in [0.3, 0.4) is 0 Å². The molecule has 0 aliphatic rings. The van der Waals surface area contributed by atoms with Gasteiger partial charge in [0.05, 0.1) is 12.3 Å². The third-order valence-electron chi connectivity index (χ3n) is 3.76. The molecule has 0 saturated heterocycles. The molecule has 1 N–H and O–H groups in total. The summed E-state index contributed by atoms with van der Waals surface area (Å²) in [6, 6.07) is 24.0. The molecule has 0 saturated carbocycles. The van der Waals surface area contributed by atoms with Crippen molar-refractivity contribution in [3.8, 4) is 17.2 Å². The van der Waals surface area contributed by atoms with Gasteiger partial charge in [-0.2, -0.15) is 0 Å². The molecule has 138 valence electrons. The topological polar surface area (TPSA) is 47.6 Å². The molecule has 5 heteroatoms. The van der Waals surface area contributed by atoms with Crippen molar-refractivity contribution in [2.75, 3.05) is 11.9 Å². The Morgan fingerprint density at radius 3 is 2.33 bits per heavy atom. The monoisotopic (exact) mass is 381 g/mol. The number of benzene rings is 3. The van der Waals surface area contributed by atoms with E-state index < -0.39 is 0 Å². The lowest BCUT2D eigenvalue weighted by molar-refractivity contribution is -0.116. The first-order valence-corrected chi connectivity index (χ1v) is 9.09. The fourth-order valence-corrected chi connectivity index (χ4v) is 2.57. The van der Waals surface area contributed by atoms with Crippen molar-refractivity contribution in [2.45, 2.75) is 12.8 Å². The van der Waals surface area contributed by atoms with E-state index in [0.717, 1.165) is 11.5 Å². The summed E-state index contributed by atoms with van der Waals surface area (Å²) in [6.45, 7) is 0.456. The number of anilines is 1. The molecule has 0 spiro atoms. The molecule has 0 bridgehead atoms. The van der Waals surface area contributed by atoms with Crippen LogP contribution in [0.25, 0.3) is 0 Å². The number of nitrogens with one attached hydrogen (secondary N) is 1. The highest BCUT2D eigenvalue weighted by atomic mass is 35.5. The van der Waals surface area contributed by atoms with E-state index in [2.05, 4.69) is 5.32 Å². The Hall–Kier alpha value is -2.98. The van der Waals surface area contributed by atoms with Gasteiger partial charge in [0, 0.05) is 11.4 Å². The molecule has 0 aliphatic heterocycles. The zero-order chi connectivity index (χ0) is 18.9. The van der Waals surface area contributed by atoms with Crippen LogP contribution in [-0.2, 0) is 4.79 Å². The Labute approximate surface area is 163 Å². The van der Waals surface area contributed by atoms with Gasteiger partial charge in [0.15, 0.2) is 5.75 Å². The first-order valence-electron chi connectivity index (χ1n) is 8.71. The minimum atomic E-state index is -0.0844. The summed E-state index contributed by atoms with van der Waals surface area (Å²) in [5.41, 5.74) is 0.643. The summed E-state index contributed by atoms with van der Waals surface area (Å²) in [5, 5.41) is 3.56. The summed E-state index contributed by atoms with van der Waals surface area (Å²) >= 11 is 5.84. The van der Waals surface area contributed by atoms with Gasteiger partial charge in [-0.1, -0.05) is 41.9 Å². The van der Waals surface area contributed by atoms with Crippen molar-refractivity contribution in [2.24, 2.45) is 0 Å². The highest BCUT2D eigenvalue weighted by Gasteiger charge is 2.08. The Bertz CT molecular complexity index is 866. The Kier molecular flexibility index (Phi) is 6.72. The average Bonchev–Trinajstić information content (AvgIpc) is 2.69. The van der Waals surface area contributed by atoms with Crippen molar-refractivity contribution in [1.82, 2.24) is 0 Å². The number of para-hydroxylation sites is 3. The van der Waals surface area contributed by atoms with Gasteiger partial charge in [-0.25, -0.2) is 0 Å². The second-order valence-corrected chi connectivity index (χ2v) is 6.30. The maximum atomic E-state index is 12.2. The van der Waals surface area contributed by atoms with Crippen LogP contribution in [-0.4, -0.2) is 12.5 Å². The molecular formula is C22H20ClNO3. The Morgan fingerprint density at radius 1 is 0.852 bits per heavy atom. The van der Waals surface area contributed by atoms with E-state index in [9.17, 15) is 4.79 Å². The fraction of sp³-hybridized carbons (Fsp3) is 0.136. The van der Waals surface area contributed by atoms with Gasteiger partial charge in [0.25, 0.3) is 0 Å². The molecular weight excluding hydrogens is 362 g/mol. The number of carbonyl (C=O) groups is 1. The summed E-state index contributed by atoms with van der Waals surface area (Å²) in [6.07, 6.45) is 0.962. The Balaban J connectivity index is 1.48.